The van der Waals surface area contributed by atoms with Gasteiger partial charge in [-0.2, -0.15) is 0 Å². The molecule has 1 rings (SSSR count). The number of nitro groups is 1. The molecule has 0 saturated heterocycles. The molecule has 2 atom stereocenters. The molecule has 0 spiro atoms. The van der Waals surface area contributed by atoms with Crippen molar-refractivity contribution in [3.63, 3.8) is 0 Å². The zero-order valence-electron chi connectivity index (χ0n) is 9.33. The highest BCUT2D eigenvalue weighted by molar-refractivity contribution is 9.10. The average Bonchev–Trinajstić information content (AvgIpc) is 2.30. The second-order valence-corrected chi connectivity index (χ2v) is 6.06. The fourth-order valence-electron chi connectivity index (χ4n) is 1.21. The Morgan fingerprint density at radius 2 is 2.22 bits per heavy atom. The molecule has 6 nitrogen and oxygen atoms in total. The predicted molar refractivity (Wildman–Crippen MR) is 69.7 cm³/mol. The minimum atomic E-state index is -1.63. The molecule has 0 bridgehead atoms. The Kier molecular flexibility index (Phi) is 4.97. The maximum Gasteiger partial charge on any atom is 0.318 e. The smallest absolute Gasteiger partial charge is 0.318 e. The molecule has 8 heteroatoms. The molecular weight excluding hydrogens is 326 g/mol. The first-order valence-electron chi connectivity index (χ1n) is 4.86. The predicted octanol–water partition coefficient (Wildman–Crippen LogP) is 2.08. The third kappa shape index (κ3) is 3.36. The zero-order valence-corrected chi connectivity index (χ0v) is 11.7. The lowest BCUT2D eigenvalue weighted by atomic mass is 10.2. The van der Waals surface area contributed by atoms with E-state index in [0.717, 1.165) is 0 Å². The number of benzene rings is 1. The quantitative estimate of drug-likeness (QED) is 0.656. The minimum absolute atomic E-state index is 0.0459. The van der Waals surface area contributed by atoms with Crippen LogP contribution in [0, 0.1) is 10.1 Å². The molecule has 1 aromatic carbocycles. The fraction of sp³-hybridized carbons (Fsp3) is 0.300. The van der Waals surface area contributed by atoms with Gasteiger partial charge in [0, 0.05) is 16.9 Å². The van der Waals surface area contributed by atoms with Gasteiger partial charge >= 0.3 is 5.97 Å². The molecule has 0 aliphatic carbocycles. The number of hydrogen-bond donors (Lipinski definition) is 1. The van der Waals surface area contributed by atoms with E-state index in [9.17, 15) is 19.1 Å². The van der Waals surface area contributed by atoms with Gasteiger partial charge in [0.1, 0.15) is 5.25 Å². The Bertz CT molecular complexity index is 519. The molecule has 2 unspecified atom stereocenters. The zero-order chi connectivity index (χ0) is 13.9. The molecule has 98 valence electrons. The van der Waals surface area contributed by atoms with Gasteiger partial charge in [-0.3, -0.25) is 19.1 Å². The van der Waals surface area contributed by atoms with Gasteiger partial charge in [0.05, 0.1) is 15.1 Å². The van der Waals surface area contributed by atoms with Crippen LogP contribution < -0.4 is 0 Å². The van der Waals surface area contributed by atoms with Crippen molar-refractivity contribution in [2.45, 2.75) is 17.9 Å². The number of rotatable bonds is 5. The number of nitro benzene ring substituents is 1. The molecule has 0 fully saturated rings. The largest absolute Gasteiger partial charge is 0.480 e. The molecule has 0 heterocycles. The number of carboxylic acid groups (broad SMARTS) is 1. The first-order chi connectivity index (χ1) is 8.34. The summed E-state index contributed by atoms with van der Waals surface area (Å²) in [7, 11) is -1.63. The highest BCUT2D eigenvalue weighted by atomic mass is 79.9. The molecule has 0 aliphatic rings. The highest BCUT2D eigenvalue weighted by Gasteiger charge is 2.22. The Hall–Kier alpha value is -1.28. The average molecular weight is 336 g/mol. The lowest BCUT2D eigenvalue weighted by molar-refractivity contribution is -0.385. The van der Waals surface area contributed by atoms with Gasteiger partial charge in [-0.05, 0) is 28.4 Å². The number of halogens is 1. The van der Waals surface area contributed by atoms with E-state index in [2.05, 4.69) is 15.9 Å². The summed E-state index contributed by atoms with van der Waals surface area (Å²) in [5.74, 6) is -1.20. The third-order valence-corrected chi connectivity index (χ3v) is 4.80. The summed E-state index contributed by atoms with van der Waals surface area (Å²) in [4.78, 5) is 20.8. The molecule has 1 N–H and O–H groups in total. The van der Waals surface area contributed by atoms with E-state index in [4.69, 9.17) is 5.11 Å². The van der Waals surface area contributed by atoms with Crippen LogP contribution in [0.3, 0.4) is 0 Å². The normalized spacial score (nSPS) is 13.9. The van der Waals surface area contributed by atoms with Gasteiger partial charge in [0.15, 0.2) is 0 Å². The van der Waals surface area contributed by atoms with E-state index in [1.165, 1.54) is 19.1 Å². The lowest BCUT2D eigenvalue weighted by Crippen LogP contribution is -2.23. The van der Waals surface area contributed by atoms with Crippen molar-refractivity contribution in [3.8, 4) is 0 Å². The molecule has 1 aromatic rings. The number of aliphatic carboxylic acids is 1. The van der Waals surface area contributed by atoms with Crippen molar-refractivity contribution >= 4 is 38.4 Å². The van der Waals surface area contributed by atoms with Crippen molar-refractivity contribution < 1.29 is 19.0 Å². The van der Waals surface area contributed by atoms with Crippen LogP contribution in [0.4, 0.5) is 5.69 Å². The molecule has 0 aliphatic heterocycles. The van der Waals surface area contributed by atoms with Gasteiger partial charge < -0.3 is 5.11 Å². The monoisotopic (exact) mass is 335 g/mol. The van der Waals surface area contributed by atoms with E-state index in [1.807, 2.05) is 0 Å². The van der Waals surface area contributed by atoms with Crippen LogP contribution in [-0.2, 0) is 21.3 Å². The summed E-state index contributed by atoms with van der Waals surface area (Å²) in [6, 6.07) is 4.36. The number of nitrogens with zero attached hydrogens (tertiary/aromatic N) is 1. The number of carbonyl (C=O) groups is 1. The van der Waals surface area contributed by atoms with Crippen LogP contribution in [0.15, 0.2) is 22.7 Å². The Morgan fingerprint density at radius 3 is 2.72 bits per heavy atom. The molecule has 0 aromatic heterocycles. The SMILES string of the molecule is CC(C(=O)O)S(=O)Cc1cccc([N+](=O)[O-])c1Br. The molecule has 0 radical (unpaired) electrons. The van der Waals surface area contributed by atoms with Gasteiger partial charge in [0.25, 0.3) is 5.69 Å². The van der Waals surface area contributed by atoms with Gasteiger partial charge in [-0.25, -0.2) is 0 Å². The Morgan fingerprint density at radius 1 is 1.61 bits per heavy atom. The van der Waals surface area contributed by atoms with Crippen molar-refractivity contribution in [1.29, 1.82) is 0 Å². The maximum atomic E-state index is 11.7. The van der Waals surface area contributed by atoms with E-state index in [0.29, 0.717) is 5.56 Å². The summed E-state index contributed by atoms with van der Waals surface area (Å²) < 4.78 is 12.0. The first kappa shape index (κ1) is 14.8. The van der Waals surface area contributed by atoms with Crippen LogP contribution >= 0.6 is 15.9 Å². The van der Waals surface area contributed by atoms with E-state index < -0.39 is 26.9 Å². The Balaban J connectivity index is 2.99. The number of hydrogen-bond acceptors (Lipinski definition) is 4. The van der Waals surface area contributed by atoms with E-state index in [-0.39, 0.29) is 15.9 Å². The standard InChI is InChI=1S/C10H10BrNO5S/c1-6(10(13)14)18(17)5-7-3-2-4-8(9(7)11)12(15)16/h2-4,6H,5H2,1H3,(H,13,14). The molecule has 0 saturated carbocycles. The highest BCUT2D eigenvalue weighted by Crippen LogP contribution is 2.29. The van der Waals surface area contributed by atoms with E-state index >= 15 is 0 Å². The first-order valence-corrected chi connectivity index (χ1v) is 7.04. The Labute approximate surface area is 114 Å². The van der Waals surface area contributed by atoms with Crippen LogP contribution in [0.2, 0.25) is 0 Å². The van der Waals surface area contributed by atoms with Crippen molar-refractivity contribution in [1.82, 2.24) is 0 Å². The minimum Gasteiger partial charge on any atom is -0.480 e. The summed E-state index contributed by atoms with van der Waals surface area (Å²) in [6.45, 7) is 1.34. The van der Waals surface area contributed by atoms with Gasteiger partial charge in [-0.1, -0.05) is 12.1 Å². The molecular formula is C10H10BrNO5S. The fourth-order valence-corrected chi connectivity index (χ4v) is 2.97. The molecule has 18 heavy (non-hydrogen) atoms. The number of carboxylic acids is 1. The van der Waals surface area contributed by atoms with Crippen LogP contribution in [-0.4, -0.2) is 25.5 Å². The van der Waals surface area contributed by atoms with Crippen molar-refractivity contribution in [2.24, 2.45) is 0 Å². The third-order valence-electron chi connectivity index (χ3n) is 2.29. The summed E-state index contributed by atoms with van der Waals surface area (Å²) in [6.07, 6.45) is 0. The van der Waals surface area contributed by atoms with Crippen LogP contribution in [0.25, 0.3) is 0 Å². The summed E-state index contributed by atoms with van der Waals surface area (Å²) in [5, 5.41) is 18.4. The summed E-state index contributed by atoms with van der Waals surface area (Å²) >= 11 is 3.07. The lowest BCUT2D eigenvalue weighted by Gasteiger charge is -2.08. The summed E-state index contributed by atoms with van der Waals surface area (Å²) in [5.41, 5.74) is 0.322. The topological polar surface area (TPSA) is 97.5 Å². The van der Waals surface area contributed by atoms with Crippen LogP contribution in [0.5, 0.6) is 0 Å². The van der Waals surface area contributed by atoms with Gasteiger partial charge in [0.2, 0.25) is 0 Å². The molecule has 0 amide bonds. The van der Waals surface area contributed by atoms with E-state index in [1.54, 1.807) is 6.07 Å². The second-order valence-electron chi connectivity index (χ2n) is 3.51. The van der Waals surface area contributed by atoms with Crippen molar-refractivity contribution in [3.05, 3.63) is 38.3 Å². The van der Waals surface area contributed by atoms with Gasteiger partial charge in [-0.15, -0.1) is 0 Å². The second kappa shape index (κ2) is 6.05. The van der Waals surface area contributed by atoms with Crippen molar-refractivity contribution in [2.75, 3.05) is 0 Å². The van der Waals surface area contributed by atoms with Crippen LogP contribution in [0.1, 0.15) is 12.5 Å². The maximum absolute atomic E-state index is 11.7.